The van der Waals surface area contributed by atoms with Crippen LogP contribution < -0.4 is 10.2 Å². The van der Waals surface area contributed by atoms with Crippen LogP contribution in [-0.4, -0.2) is 33.6 Å². The summed E-state index contributed by atoms with van der Waals surface area (Å²) < 4.78 is 11.0. The van der Waals surface area contributed by atoms with Crippen LogP contribution >= 0.6 is 0 Å². The summed E-state index contributed by atoms with van der Waals surface area (Å²) in [6.07, 6.45) is 2.29. The van der Waals surface area contributed by atoms with Crippen LogP contribution in [0, 0.1) is 0 Å². The predicted octanol–water partition coefficient (Wildman–Crippen LogP) is 4.28. The quantitative estimate of drug-likeness (QED) is 0.329. The molecule has 164 valence electrons. The third kappa shape index (κ3) is 4.36. The Morgan fingerprint density at radius 3 is 2.45 bits per heavy atom. The van der Waals surface area contributed by atoms with E-state index < -0.39 is 17.3 Å². The van der Waals surface area contributed by atoms with E-state index in [9.17, 15) is 25.2 Å². The number of aliphatic hydroxyl groups is 1. The number of phenolic OH excluding ortho intramolecular Hbond substituents is 3. The molecule has 0 unspecified atom stereocenters. The average Bonchev–Trinajstić information content (AvgIpc) is 2.66. The van der Waals surface area contributed by atoms with Crippen molar-refractivity contribution >= 4 is 21.9 Å². The molecule has 31 heavy (non-hydrogen) atoms. The van der Waals surface area contributed by atoms with E-state index in [1.807, 2.05) is 19.9 Å². The highest BCUT2D eigenvalue weighted by Gasteiger charge is 2.24. The maximum atomic E-state index is 13.3. The first kappa shape index (κ1) is 22.2. The largest absolute Gasteiger partial charge is 0.508 e. The second-order valence-electron chi connectivity index (χ2n) is 7.75. The normalized spacial score (nSPS) is 12.1. The van der Waals surface area contributed by atoms with Crippen LogP contribution in [0.5, 0.6) is 23.0 Å². The number of hydrogen-bond donors (Lipinski definition) is 4. The highest BCUT2D eigenvalue weighted by Crippen LogP contribution is 2.39. The zero-order valence-electron chi connectivity index (χ0n) is 17.7. The van der Waals surface area contributed by atoms with E-state index in [4.69, 9.17) is 9.15 Å². The smallest absolute Gasteiger partial charge is 0.204 e. The van der Waals surface area contributed by atoms with Crippen molar-refractivity contribution in [3.05, 3.63) is 57.8 Å². The van der Waals surface area contributed by atoms with E-state index >= 15 is 0 Å². The molecule has 7 nitrogen and oxygen atoms in total. The molecule has 0 spiro atoms. The first-order chi connectivity index (χ1) is 14.6. The molecule has 0 aliphatic carbocycles. The van der Waals surface area contributed by atoms with Crippen LogP contribution in [-0.2, 0) is 6.42 Å². The van der Waals surface area contributed by atoms with Gasteiger partial charge in [0.2, 0.25) is 5.43 Å². The Labute approximate surface area is 179 Å². The number of methoxy groups -OCH3 is 1. The van der Waals surface area contributed by atoms with E-state index in [0.29, 0.717) is 12.0 Å². The lowest BCUT2D eigenvalue weighted by atomic mass is 9.94. The SMILES string of the molecule is C=C(CCC=C(C)C)[C@@H](O)Cc1c(OC)c(O)cc2oc3cc(O)cc(O)c3c(=O)c12. The third-order valence-electron chi connectivity index (χ3n) is 5.15. The van der Waals surface area contributed by atoms with Crippen LogP contribution in [0.4, 0.5) is 0 Å². The number of ether oxygens (including phenoxy) is 1. The molecule has 0 aliphatic rings. The summed E-state index contributed by atoms with van der Waals surface area (Å²) in [5.41, 5.74) is 1.43. The number of aliphatic hydroxyl groups excluding tert-OH is 1. The van der Waals surface area contributed by atoms with Gasteiger partial charge in [0, 0.05) is 30.2 Å². The van der Waals surface area contributed by atoms with Crippen LogP contribution in [0.1, 0.15) is 32.3 Å². The molecule has 4 N–H and O–H groups in total. The Morgan fingerprint density at radius 1 is 1.13 bits per heavy atom. The van der Waals surface area contributed by atoms with Crippen LogP contribution in [0.3, 0.4) is 0 Å². The van der Waals surface area contributed by atoms with Gasteiger partial charge >= 0.3 is 0 Å². The zero-order chi connectivity index (χ0) is 22.9. The van der Waals surface area contributed by atoms with Crippen LogP contribution in [0.25, 0.3) is 21.9 Å². The first-order valence-electron chi connectivity index (χ1n) is 9.84. The minimum Gasteiger partial charge on any atom is -0.508 e. The van der Waals surface area contributed by atoms with Gasteiger partial charge in [0.15, 0.2) is 11.5 Å². The minimum absolute atomic E-state index is 0.0304. The number of allylic oxidation sites excluding steroid dienone is 2. The van der Waals surface area contributed by atoms with Gasteiger partial charge in [0.05, 0.1) is 18.6 Å². The number of aromatic hydroxyl groups is 3. The van der Waals surface area contributed by atoms with Crippen molar-refractivity contribution in [3.63, 3.8) is 0 Å². The summed E-state index contributed by atoms with van der Waals surface area (Å²) in [7, 11) is 1.35. The Balaban J connectivity index is 2.17. The topological polar surface area (TPSA) is 120 Å². The van der Waals surface area contributed by atoms with Gasteiger partial charge in [-0.25, -0.2) is 0 Å². The summed E-state index contributed by atoms with van der Waals surface area (Å²) >= 11 is 0. The number of phenols is 3. The van der Waals surface area contributed by atoms with Crippen molar-refractivity contribution in [2.24, 2.45) is 0 Å². The minimum atomic E-state index is -0.993. The van der Waals surface area contributed by atoms with Crippen LogP contribution in [0.2, 0.25) is 0 Å². The van der Waals surface area contributed by atoms with E-state index in [1.54, 1.807) is 0 Å². The Hall–Kier alpha value is -3.45. The second kappa shape index (κ2) is 8.73. The van der Waals surface area contributed by atoms with Crippen molar-refractivity contribution in [1.82, 2.24) is 0 Å². The fourth-order valence-electron chi connectivity index (χ4n) is 3.62. The van der Waals surface area contributed by atoms with Crippen molar-refractivity contribution < 1.29 is 29.6 Å². The lowest BCUT2D eigenvalue weighted by Gasteiger charge is -2.18. The predicted molar refractivity (Wildman–Crippen MR) is 119 cm³/mol. The molecule has 0 radical (unpaired) electrons. The highest BCUT2D eigenvalue weighted by atomic mass is 16.5. The van der Waals surface area contributed by atoms with Gasteiger partial charge < -0.3 is 29.6 Å². The van der Waals surface area contributed by atoms with E-state index in [2.05, 4.69) is 6.58 Å². The van der Waals surface area contributed by atoms with Crippen LogP contribution in [0.15, 0.2) is 51.2 Å². The van der Waals surface area contributed by atoms with Crippen molar-refractivity contribution in [2.45, 2.75) is 39.2 Å². The summed E-state index contributed by atoms with van der Waals surface area (Å²) in [4.78, 5) is 13.3. The number of fused-ring (bicyclic) bond motifs is 2. The van der Waals surface area contributed by atoms with E-state index in [0.717, 1.165) is 12.5 Å². The highest BCUT2D eigenvalue weighted by molar-refractivity contribution is 5.96. The molecule has 1 heterocycles. The summed E-state index contributed by atoms with van der Waals surface area (Å²) in [6.45, 7) is 7.93. The Kier molecular flexibility index (Phi) is 6.27. The molecule has 3 rings (SSSR count). The fraction of sp³-hybridized carbons (Fsp3) is 0.292. The van der Waals surface area contributed by atoms with Crippen molar-refractivity contribution in [1.29, 1.82) is 0 Å². The van der Waals surface area contributed by atoms with Crippen molar-refractivity contribution in [3.8, 4) is 23.0 Å². The number of rotatable bonds is 7. The molecule has 0 fully saturated rings. The molecule has 2 aromatic carbocycles. The summed E-state index contributed by atoms with van der Waals surface area (Å²) in [5, 5.41) is 41.0. The Morgan fingerprint density at radius 2 is 1.81 bits per heavy atom. The molecule has 7 heteroatoms. The summed E-state index contributed by atoms with van der Waals surface area (Å²) in [5.74, 6) is -0.934. The molecule has 3 aromatic rings. The molecule has 1 aromatic heterocycles. The van der Waals surface area contributed by atoms with Crippen molar-refractivity contribution in [2.75, 3.05) is 7.11 Å². The molecular weight excluding hydrogens is 400 g/mol. The van der Waals surface area contributed by atoms with Gasteiger partial charge in [-0.15, -0.1) is 0 Å². The van der Waals surface area contributed by atoms with E-state index in [1.165, 1.54) is 24.8 Å². The standard InChI is InChI=1S/C24H26O7/c1-12(2)6-5-7-13(3)16(26)10-15-21-20(11-18(28)24(15)30-4)31-19-9-14(25)8-17(27)22(19)23(21)29/h6,8-9,11,16,25-28H,3,5,7,10H2,1-2,4H3/t16-/m0/s1. The van der Waals surface area contributed by atoms with Gasteiger partial charge in [-0.1, -0.05) is 18.2 Å². The van der Waals surface area contributed by atoms with Gasteiger partial charge in [-0.3, -0.25) is 4.79 Å². The molecule has 1 atom stereocenters. The zero-order valence-corrected chi connectivity index (χ0v) is 17.7. The Bertz CT molecular complexity index is 1250. The first-order valence-corrected chi connectivity index (χ1v) is 9.84. The van der Waals surface area contributed by atoms with Gasteiger partial charge in [0.1, 0.15) is 28.1 Å². The molecule has 0 amide bonds. The third-order valence-corrected chi connectivity index (χ3v) is 5.15. The van der Waals surface area contributed by atoms with Gasteiger partial charge in [-0.2, -0.15) is 0 Å². The average molecular weight is 426 g/mol. The summed E-state index contributed by atoms with van der Waals surface area (Å²) in [6, 6.07) is 3.48. The van der Waals surface area contributed by atoms with Gasteiger partial charge in [-0.05, 0) is 32.3 Å². The lowest BCUT2D eigenvalue weighted by Crippen LogP contribution is -2.16. The molecule has 0 saturated heterocycles. The monoisotopic (exact) mass is 426 g/mol. The molecular formula is C24H26O7. The number of hydrogen-bond acceptors (Lipinski definition) is 7. The maximum absolute atomic E-state index is 13.3. The van der Waals surface area contributed by atoms with E-state index in [-0.39, 0.29) is 51.2 Å². The van der Waals surface area contributed by atoms with Gasteiger partial charge in [0.25, 0.3) is 0 Å². The molecule has 0 aliphatic heterocycles. The fourth-order valence-corrected chi connectivity index (χ4v) is 3.62. The maximum Gasteiger partial charge on any atom is 0.204 e. The lowest BCUT2D eigenvalue weighted by molar-refractivity contribution is 0.206. The molecule has 0 saturated carbocycles. The second-order valence-corrected chi connectivity index (χ2v) is 7.75. The molecule has 0 bridgehead atoms. The number of benzene rings is 2.